The molecule has 2 fully saturated rings. The first kappa shape index (κ1) is 19.8. The molecule has 1 aliphatic heterocycles. The largest absolute Gasteiger partial charge is 0.497 e. The lowest BCUT2D eigenvalue weighted by atomic mass is 10.1. The van der Waals surface area contributed by atoms with E-state index in [9.17, 15) is 0 Å². The van der Waals surface area contributed by atoms with E-state index in [0.717, 1.165) is 63.4 Å². The number of methoxy groups -OCH3 is 1. The molecular formula is C21H34N4O2. The van der Waals surface area contributed by atoms with E-state index in [4.69, 9.17) is 9.47 Å². The molecule has 2 N–H and O–H groups in total. The second-order valence-corrected chi connectivity index (χ2v) is 7.55. The number of nitrogens with zero attached hydrogens (tertiary/aromatic N) is 2. The van der Waals surface area contributed by atoms with Crippen LogP contribution in [0.1, 0.15) is 25.7 Å². The van der Waals surface area contributed by atoms with E-state index in [1.54, 1.807) is 7.11 Å². The number of benzene rings is 1. The van der Waals surface area contributed by atoms with E-state index in [1.165, 1.54) is 24.9 Å². The van der Waals surface area contributed by atoms with Gasteiger partial charge in [-0.25, -0.2) is 0 Å². The van der Waals surface area contributed by atoms with Gasteiger partial charge in [0.1, 0.15) is 5.75 Å². The summed E-state index contributed by atoms with van der Waals surface area (Å²) in [4.78, 5) is 6.76. The topological polar surface area (TPSA) is 58.1 Å². The molecule has 0 aromatic heterocycles. The first-order valence-corrected chi connectivity index (χ1v) is 10.2. The van der Waals surface area contributed by atoms with Gasteiger partial charge in [0.2, 0.25) is 0 Å². The number of guanidine groups is 1. The van der Waals surface area contributed by atoms with Gasteiger partial charge in [-0.2, -0.15) is 0 Å². The molecule has 0 radical (unpaired) electrons. The number of rotatable bonds is 10. The van der Waals surface area contributed by atoms with Crippen molar-refractivity contribution < 1.29 is 9.47 Å². The van der Waals surface area contributed by atoms with Crippen LogP contribution < -0.4 is 20.3 Å². The highest BCUT2D eigenvalue weighted by molar-refractivity contribution is 5.79. The smallest absolute Gasteiger partial charge is 0.190 e. The van der Waals surface area contributed by atoms with Crippen molar-refractivity contribution in [1.29, 1.82) is 0 Å². The molecule has 0 spiro atoms. The van der Waals surface area contributed by atoms with E-state index >= 15 is 0 Å². The van der Waals surface area contributed by atoms with E-state index in [-0.39, 0.29) is 0 Å². The van der Waals surface area contributed by atoms with Crippen LogP contribution in [0.5, 0.6) is 5.75 Å². The molecule has 1 saturated carbocycles. The van der Waals surface area contributed by atoms with Crippen molar-refractivity contribution in [2.45, 2.75) is 25.7 Å². The Balaban J connectivity index is 1.31. The summed E-state index contributed by atoms with van der Waals surface area (Å²) in [5.74, 6) is 3.27. The molecule has 6 heteroatoms. The third-order valence-corrected chi connectivity index (χ3v) is 5.29. The molecule has 1 saturated heterocycles. The fourth-order valence-corrected chi connectivity index (χ4v) is 3.42. The molecule has 1 aromatic carbocycles. The normalized spacial score (nSPS) is 20.0. The summed E-state index contributed by atoms with van der Waals surface area (Å²) in [6.45, 7) is 5.76. The van der Waals surface area contributed by atoms with Gasteiger partial charge in [0.05, 0.1) is 7.11 Å². The van der Waals surface area contributed by atoms with Gasteiger partial charge in [-0.05, 0) is 49.7 Å². The molecule has 1 aromatic rings. The molecule has 1 atom stereocenters. The fraction of sp³-hybridized carbons (Fsp3) is 0.667. The quantitative estimate of drug-likeness (QED) is 0.374. The molecule has 150 valence electrons. The zero-order chi connectivity index (χ0) is 18.9. The van der Waals surface area contributed by atoms with Crippen LogP contribution in [-0.2, 0) is 4.74 Å². The number of aliphatic imine (C=N–C) groups is 1. The van der Waals surface area contributed by atoms with Crippen molar-refractivity contribution in [3.05, 3.63) is 24.3 Å². The highest BCUT2D eigenvalue weighted by Gasteiger charge is 2.23. The summed E-state index contributed by atoms with van der Waals surface area (Å²) >= 11 is 0. The van der Waals surface area contributed by atoms with E-state index in [0.29, 0.717) is 5.92 Å². The Kier molecular flexibility index (Phi) is 7.63. The highest BCUT2D eigenvalue weighted by Crippen LogP contribution is 2.28. The zero-order valence-electron chi connectivity index (χ0n) is 16.7. The molecule has 27 heavy (non-hydrogen) atoms. The first-order valence-electron chi connectivity index (χ1n) is 10.2. The molecule has 6 nitrogen and oxygen atoms in total. The van der Waals surface area contributed by atoms with Crippen LogP contribution in [0.3, 0.4) is 0 Å². The maximum absolute atomic E-state index is 5.67. The summed E-state index contributed by atoms with van der Waals surface area (Å²) < 4.78 is 11.0. The summed E-state index contributed by atoms with van der Waals surface area (Å²) in [5, 5.41) is 6.86. The van der Waals surface area contributed by atoms with E-state index < -0.39 is 0 Å². The average Bonchev–Trinajstić information content (AvgIpc) is 3.41. The predicted molar refractivity (Wildman–Crippen MR) is 111 cm³/mol. The Bertz CT molecular complexity index is 604. The Labute approximate surface area is 163 Å². The molecule has 2 aliphatic rings. The van der Waals surface area contributed by atoms with Gasteiger partial charge in [-0.3, -0.25) is 4.99 Å². The monoisotopic (exact) mass is 374 g/mol. The molecule has 3 rings (SSSR count). The predicted octanol–water partition coefficient (Wildman–Crippen LogP) is 2.50. The molecule has 1 unspecified atom stereocenters. The minimum Gasteiger partial charge on any atom is -0.497 e. The van der Waals surface area contributed by atoms with Gasteiger partial charge in [-0.15, -0.1) is 0 Å². The Morgan fingerprint density at radius 1 is 1.22 bits per heavy atom. The number of nitrogens with one attached hydrogen (secondary N) is 2. The average molecular weight is 375 g/mol. The van der Waals surface area contributed by atoms with Gasteiger partial charge in [0.15, 0.2) is 5.96 Å². The van der Waals surface area contributed by atoms with E-state index in [1.807, 2.05) is 13.1 Å². The second-order valence-electron chi connectivity index (χ2n) is 7.55. The summed E-state index contributed by atoms with van der Waals surface area (Å²) in [6.07, 6.45) is 4.91. The fourth-order valence-electron chi connectivity index (χ4n) is 3.42. The second kappa shape index (κ2) is 10.4. The SMILES string of the molecule is CN=C(NCCCOCC1CC1)NCC1CCN(c2cccc(OC)c2)C1. The summed E-state index contributed by atoms with van der Waals surface area (Å²) in [5.41, 5.74) is 1.24. The van der Waals surface area contributed by atoms with Crippen LogP contribution >= 0.6 is 0 Å². The highest BCUT2D eigenvalue weighted by atomic mass is 16.5. The van der Waals surface area contributed by atoms with Crippen LogP contribution in [0.4, 0.5) is 5.69 Å². The zero-order valence-corrected chi connectivity index (χ0v) is 16.7. The van der Waals surface area contributed by atoms with Gasteiger partial charge >= 0.3 is 0 Å². The summed E-state index contributed by atoms with van der Waals surface area (Å²) in [6, 6.07) is 8.32. The van der Waals surface area contributed by atoms with Crippen LogP contribution in [0, 0.1) is 11.8 Å². The maximum Gasteiger partial charge on any atom is 0.190 e. The number of ether oxygens (including phenoxy) is 2. The van der Waals surface area contributed by atoms with Crippen molar-refractivity contribution in [2.75, 3.05) is 58.5 Å². The number of hydrogen-bond acceptors (Lipinski definition) is 4. The van der Waals surface area contributed by atoms with E-state index in [2.05, 4.69) is 38.7 Å². The van der Waals surface area contributed by atoms with Gasteiger partial charge in [0.25, 0.3) is 0 Å². The minimum atomic E-state index is 0.622. The molecule has 0 bridgehead atoms. The maximum atomic E-state index is 5.67. The molecule has 1 heterocycles. The standard InChI is InChI=1S/C21H34N4O2/c1-22-21(23-10-4-12-27-16-17-7-8-17)24-14-18-9-11-25(15-18)19-5-3-6-20(13-19)26-2/h3,5-6,13,17-18H,4,7-12,14-16H2,1-2H3,(H2,22,23,24). The number of anilines is 1. The van der Waals surface area contributed by atoms with Crippen molar-refractivity contribution in [3.8, 4) is 5.75 Å². The Morgan fingerprint density at radius 3 is 2.89 bits per heavy atom. The molecular weight excluding hydrogens is 340 g/mol. The van der Waals surface area contributed by atoms with Crippen LogP contribution in [0.25, 0.3) is 0 Å². The lowest BCUT2D eigenvalue weighted by Gasteiger charge is -2.20. The van der Waals surface area contributed by atoms with Crippen molar-refractivity contribution in [1.82, 2.24) is 10.6 Å². The Hall–Kier alpha value is -1.95. The van der Waals surface area contributed by atoms with Crippen molar-refractivity contribution in [2.24, 2.45) is 16.8 Å². The van der Waals surface area contributed by atoms with Crippen molar-refractivity contribution in [3.63, 3.8) is 0 Å². The third-order valence-electron chi connectivity index (χ3n) is 5.29. The Morgan fingerprint density at radius 2 is 2.11 bits per heavy atom. The van der Waals surface area contributed by atoms with Gasteiger partial charge in [0, 0.05) is 58.2 Å². The third kappa shape index (κ3) is 6.61. The first-order chi connectivity index (χ1) is 13.3. The molecule has 1 aliphatic carbocycles. The van der Waals surface area contributed by atoms with Gasteiger partial charge < -0.3 is 25.0 Å². The number of hydrogen-bond donors (Lipinski definition) is 2. The summed E-state index contributed by atoms with van der Waals surface area (Å²) in [7, 11) is 3.55. The minimum absolute atomic E-state index is 0.622. The lowest BCUT2D eigenvalue weighted by molar-refractivity contribution is 0.123. The van der Waals surface area contributed by atoms with Crippen LogP contribution in [-0.4, -0.2) is 59.5 Å². The van der Waals surface area contributed by atoms with Crippen LogP contribution in [0.15, 0.2) is 29.3 Å². The molecule has 0 amide bonds. The van der Waals surface area contributed by atoms with Crippen LogP contribution in [0.2, 0.25) is 0 Å². The van der Waals surface area contributed by atoms with Crippen molar-refractivity contribution >= 4 is 11.6 Å². The lowest BCUT2D eigenvalue weighted by Crippen LogP contribution is -2.40. The van der Waals surface area contributed by atoms with Gasteiger partial charge in [-0.1, -0.05) is 6.07 Å².